The summed E-state index contributed by atoms with van der Waals surface area (Å²) >= 11 is 1.58. The van der Waals surface area contributed by atoms with Crippen LogP contribution in [0, 0.1) is 0 Å². The van der Waals surface area contributed by atoms with Gasteiger partial charge in [0, 0.05) is 18.0 Å². The van der Waals surface area contributed by atoms with Crippen LogP contribution >= 0.6 is 11.3 Å². The van der Waals surface area contributed by atoms with E-state index in [-0.39, 0.29) is 0 Å². The highest BCUT2D eigenvalue weighted by molar-refractivity contribution is 7.13. The molecule has 0 spiro atoms. The normalized spacial score (nSPS) is 10.4. The lowest BCUT2D eigenvalue weighted by Crippen LogP contribution is -2.05. The Balaban J connectivity index is 2.47. The van der Waals surface area contributed by atoms with Gasteiger partial charge in [0.15, 0.2) is 11.5 Å². The van der Waals surface area contributed by atoms with Gasteiger partial charge in [-0.1, -0.05) is 0 Å². The molecule has 2 aromatic rings. The van der Waals surface area contributed by atoms with E-state index in [9.17, 15) is 0 Å². The van der Waals surface area contributed by atoms with E-state index in [1.165, 1.54) is 0 Å². The maximum absolute atomic E-state index is 5.43. The van der Waals surface area contributed by atoms with Crippen LogP contribution in [0.25, 0.3) is 10.6 Å². The number of aromatic nitrogens is 1. The van der Waals surface area contributed by atoms with Crippen LogP contribution in [0.2, 0.25) is 0 Å². The molecule has 0 amide bonds. The lowest BCUT2D eigenvalue weighted by atomic mass is 10.2. The number of nitrogens with zero attached hydrogens (tertiary/aromatic N) is 1. The number of ether oxygens (including phenoxy) is 3. The van der Waals surface area contributed by atoms with Gasteiger partial charge in [0.1, 0.15) is 10.8 Å². The molecule has 0 fully saturated rings. The van der Waals surface area contributed by atoms with Crippen LogP contribution in [0.3, 0.4) is 0 Å². The van der Waals surface area contributed by atoms with E-state index in [2.05, 4.69) is 10.3 Å². The zero-order valence-electron chi connectivity index (χ0n) is 12.0. The quantitative estimate of drug-likeness (QED) is 0.887. The second kappa shape index (κ2) is 6.58. The summed E-state index contributed by atoms with van der Waals surface area (Å²) in [5.41, 5.74) is 1.90. The van der Waals surface area contributed by atoms with Crippen LogP contribution in [0.4, 0.5) is 0 Å². The molecule has 0 atom stereocenters. The fourth-order valence-electron chi connectivity index (χ4n) is 1.89. The number of rotatable bonds is 6. The van der Waals surface area contributed by atoms with Gasteiger partial charge in [-0.2, -0.15) is 0 Å². The third-order valence-electron chi connectivity index (χ3n) is 2.85. The van der Waals surface area contributed by atoms with E-state index in [1.54, 1.807) is 32.7 Å². The summed E-state index contributed by atoms with van der Waals surface area (Å²) in [4.78, 5) is 4.59. The van der Waals surface area contributed by atoms with Crippen LogP contribution in [0.5, 0.6) is 17.2 Å². The van der Waals surface area contributed by atoms with Crippen molar-refractivity contribution >= 4 is 11.3 Å². The molecule has 0 aliphatic heterocycles. The topological polar surface area (TPSA) is 52.6 Å². The summed E-state index contributed by atoms with van der Waals surface area (Å²) in [5, 5.41) is 6.01. The molecular weight excluding hydrogens is 276 g/mol. The maximum Gasteiger partial charge on any atom is 0.164 e. The first-order chi connectivity index (χ1) is 9.73. The van der Waals surface area contributed by atoms with Gasteiger partial charge in [0.2, 0.25) is 0 Å². The minimum absolute atomic E-state index is 0.639. The monoisotopic (exact) mass is 294 g/mol. The first kappa shape index (κ1) is 14.6. The minimum Gasteiger partial charge on any atom is -0.496 e. The standard InChI is InChI=1S/C14H18N2O3S/c1-15-7-9-8-20-14(16-9)10-5-12(18-3)13(19-4)6-11(10)17-2/h5-6,8,15H,7H2,1-4H3. The SMILES string of the molecule is CNCc1csc(-c2cc(OC)c(OC)cc2OC)n1. The van der Waals surface area contributed by atoms with Gasteiger partial charge in [-0.15, -0.1) is 11.3 Å². The second-order valence-electron chi connectivity index (χ2n) is 4.08. The Morgan fingerprint density at radius 3 is 2.30 bits per heavy atom. The number of methoxy groups -OCH3 is 3. The van der Waals surface area contributed by atoms with Crippen molar-refractivity contribution in [1.82, 2.24) is 10.3 Å². The van der Waals surface area contributed by atoms with Gasteiger partial charge in [-0.25, -0.2) is 4.98 Å². The van der Waals surface area contributed by atoms with E-state index < -0.39 is 0 Å². The van der Waals surface area contributed by atoms with Crippen LogP contribution in [-0.4, -0.2) is 33.4 Å². The molecule has 0 aliphatic rings. The zero-order valence-corrected chi connectivity index (χ0v) is 12.8. The van der Waals surface area contributed by atoms with Crippen molar-refractivity contribution in [3.63, 3.8) is 0 Å². The van der Waals surface area contributed by atoms with Crippen molar-refractivity contribution < 1.29 is 14.2 Å². The smallest absolute Gasteiger partial charge is 0.164 e. The molecule has 0 unspecified atom stereocenters. The molecule has 20 heavy (non-hydrogen) atoms. The first-order valence-electron chi connectivity index (χ1n) is 6.12. The molecule has 0 saturated heterocycles. The average Bonchev–Trinajstić information content (AvgIpc) is 2.94. The highest BCUT2D eigenvalue weighted by Crippen LogP contribution is 2.40. The van der Waals surface area contributed by atoms with Crippen LogP contribution in [0.15, 0.2) is 17.5 Å². The summed E-state index contributed by atoms with van der Waals surface area (Å²) in [6, 6.07) is 3.70. The number of hydrogen-bond acceptors (Lipinski definition) is 6. The molecule has 1 aromatic heterocycles. The molecule has 6 heteroatoms. The average molecular weight is 294 g/mol. The summed E-state index contributed by atoms with van der Waals surface area (Å²) in [6.07, 6.45) is 0. The van der Waals surface area contributed by atoms with E-state index in [0.29, 0.717) is 17.2 Å². The van der Waals surface area contributed by atoms with E-state index in [4.69, 9.17) is 14.2 Å². The summed E-state index contributed by atoms with van der Waals surface area (Å²) in [5.74, 6) is 2.02. The minimum atomic E-state index is 0.639. The second-order valence-corrected chi connectivity index (χ2v) is 4.94. The van der Waals surface area contributed by atoms with Gasteiger partial charge in [0.25, 0.3) is 0 Å². The Morgan fingerprint density at radius 2 is 1.70 bits per heavy atom. The Labute approximate surface area is 122 Å². The van der Waals surface area contributed by atoms with Gasteiger partial charge in [-0.3, -0.25) is 0 Å². The van der Waals surface area contributed by atoms with E-state index in [0.717, 1.165) is 22.8 Å². The fraction of sp³-hybridized carbons (Fsp3) is 0.357. The summed E-state index contributed by atoms with van der Waals surface area (Å²) in [7, 11) is 6.75. The van der Waals surface area contributed by atoms with Crippen molar-refractivity contribution in [1.29, 1.82) is 0 Å². The third-order valence-corrected chi connectivity index (χ3v) is 3.77. The largest absolute Gasteiger partial charge is 0.496 e. The predicted octanol–water partition coefficient (Wildman–Crippen LogP) is 2.56. The van der Waals surface area contributed by atoms with Crippen molar-refractivity contribution in [2.45, 2.75) is 6.54 Å². The van der Waals surface area contributed by atoms with E-state index in [1.807, 2.05) is 24.6 Å². The fourth-order valence-corrected chi connectivity index (χ4v) is 2.73. The molecule has 0 saturated carbocycles. The summed E-state index contributed by atoms with van der Waals surface area (Å²) < 4.78 is 16.0. The molecule has 108 valence electrons. The van der Waals surface area contributed by atoms with Crippen LogP contribution in [0.1, 0.15) is 5.69 Å². The van der Waals surface area contributed by atoms with Crippen molar-refractivity contribution in [2.24, 2.45) is 0 Å². The lowest BCUT2D eigenvalue weighted by Gasteiger charge is -2.12. The zero-order chi connectivity index (χ0) is 14.5. The summed E-state index contributed by atoms with van der Waals surface area (Å²) in [6.45, 7) is 0.742. The Bertz CT molecular complexity index is 584. The number of nitrogens with one attached hydrogen (secondary N) is 1. The Morgan fingerprint density at radius 1 is 1.05 bits per heavy atom. The third kappa shape index (κ3) is 2.86. The molecule has 1 N–H and O–H groups in total. The molecule has 0 aliphatic carbocycles. The van der Waals surface area contributed by atoms with Crippen LogP contribution < -0.4 is 19.5 Å². The molecule has 2 rings (SSSR count). The van der Waals surface area contributed by atoms with E-state index >= 15 is 0 Å². The number of benzene rings is 1. The molecule has 0 bridgehead atoms. The van der Waals surface area contributed by atoms with Gasteiger partial charge in [-0.05, 0) is 13.1 Å². The van der Waals surface area contributed by atoms with Gasteiger partial charge < -0.3 is 19.5 Å². The molecular formula is C14H18N2O3S. The predicted molar refractivity (Wildman–Crippen MR) is 80.0 cm³/mol. The first-order valence-corrected chi connectivity index (χ1v) is 7.00. The Kier molecular flexibility index (Phi) is 4.81. The molecule has 0 radical (unpaired) electrons. The van der Waals surface area contributed by atoms with Crippen molar-refractivity contribution in [2.75, 3.05) is 28.4 Å². The van der Waals surface area contributed by atoms with Gasteiger partial charge in [0.05, 0.1) is 32.6 Å². The number of thiazole rings is 1. The maximum atomic E-state index is 5.43. The highest BCUT2D eigenvalue weighted by atomic mass is 32.1. The van der Waals surface area contributed by atoms with Crippen LogP contribution in [-0.2, 0) is 6.54 Å². The van der Waals surface area contributed by atoms with Gasteiger partial charge >= 0.3 is 0 Å². The number of hydrogen-bond donors (Lipinski definition) is 1. The van der Waals surface area contributed by atoms with Crippen molar-refractivity contribution in [3.05, 3.63) is 23.2 Å². The Hall–Kier alpha value is -1.79. The highest BCUT2D eigenvalue weighted by Gasteiger charge is 2.15. The molecule has 5 nitrogen and oxygen atoms in total. The molecule has 1 aromatic carbocycles. The van der Waals surface area contributed by atoms with Crippen molar-refractivity contribution in [3.8, 4) is 27.8 Å². The molecule has 1 heterocycles. The lowest BCUT2D eigenvalue weighted by molar-refractivity contribution is 0.349.